The molecule has 0 rings (SSSR count). The lowest BCUT2D eigenvalue weighted by molar-refractivity contribution is -0.318. The third-order valence-electron chi connectivity index (χ3n) is 8.55. The van der Waals surface area contributed by atoms with E-state index in [0.717, 1.165) is 0 Å². The van der Waals surface area contributed by atoms with Gasteiger partial charge in [0.1, 0.15) is 53.8 Å². The van der Waals surface area contributed by atoms with Crippen LogP contribution in [0.15, 0.2) is 0 Å². The van der Waals surface area contributed by atoms with Crippen molar-refractivity contribution in [1.82, 2.24) is 29.4 Å². The van der Waals surface area contributed by atoms with Crippen LogP contribution in [0.2, 0.25) is 0 Å². The maximum absolute atomic E-state index is 9.23. The van der Waals surface area contributed by atoms with Crippen LogP contribution in [0.25, 0.3) is 0 Å². The maximum atomic E-state index is 9.23. The number of ether oxygens (including phenoxy) is 5. The molecular formula is C32H72N6O17. The fraction of sp³-hybridized carbons (Fsp3) is 1.00. The minimum absolute atomic E-state index is 0.0877. The van der Waals surface area contributed by atoms with Gasteiger partial charge >= 0.3 is 0 Å². The van der Waals surface area contributed by atoms with E-state index in [9.17, 15) is 20.4 Å². The minimum atomic E-state index is -0.266. The molecule has 0 aliphatic carbocycles. The van der Waals surface area contributed by atoms with Crippen molar-refractivity contribution >= 4 is 0 Å². The van der Waals surface area contributed by atoms with Crippen molar-refractivity contribution in [3.05, 3.63) is 0 Å². The van der Waals surface area contributed by atoms with Crippen molar-refractivity contribution in [3.63, 3.8) is 0 Å². The Bertz CT molecular complexity index is 738. The summed E-state index contributed by atoms with van der Waals surface area (Å²) in [6.07, 6.45) is 0. The molecular weight excluding hydrogens is 740 g/mol. The van der Waals surface area contributed by atoms with E-state index in [0.29, 0.717) is 52.5 Å². The monoisotopic (exact) mass is 812 g/mol. The molecule has 8 N–H and O–H groups in total. The van der Waals surface area contributed by atoms with Crippen molar-refractivity contribution in [2.75, 3.05) is 159 Å². The van der Waals surface area contributed by atoms with Crippen molar-refractivity contribution in [2.45, 2.75) is 51.9 Å². The molecule has 0 saturated carbocycles. The molecule has 4 atom stereocenters. The second-order valence-electron chi connectivity index (χ2n) is 13.0. The van der Waals surface area contributed by atoms with Crippen molar-refractivity contribution in [2.24, 2.45) is 0 Å². The number of hydrogen-bond acceptors (Lipinski definition) is 23. The zero-order chi connectivity index (χ0) is 41.1. The molecule has 0 aliphatic heterocycles. The highest BCUT2D eigenvalue weighted by molar-refractivity contribution is 4.76. The Kier molecular flexibility index (Phi) is 36.7. The lowest BCUT2D eigenvalue weighted by Crippen LogP contribution is -2.50. The van der Waals surface area contributed by atoms with E-state index in [1.807, 2.05) is 37.5 Å². The number of hydrogen-bond donors (Lipinski definition) is 8. The van der Waals surface area contributed by atoms with Gasteiger partial charge < -0.3 is 44.1 Å². The number of aliphatic hydroxyl groups excluding tert-OH is 4. The zero-order valence-corrected chi connectivity index (χ0v) is 33.2. The number of rotatable bonds is 42. The van der Waals surface area contributed by atoms with Gasteiger partial charge in [-0.15, -0.1) is 0 Å². The highest BCUT2D eigenvalue weighted by Gasteiger charge is 2.24. The predicted molar refractivity (Wildman–Crippen MR) is 195 cm³/mol. The quantitative estimate of drug-likeness (QED) is 0.0144. The van der Waals surface area contributed by atoms with Crippen LogP contribution >= 0.6 is 0 Å². The fourth-order valence-electron chi connectivity index (χ4n) is 5.41. The molecule has 0 spiro atoms. The van der Waals surface area contributed by atoms with Crippen LogP contribution in [0.4, 0.5) is 0 Å². The van der Waals surface area contributed by atoms with Gasteiger partial charge in [0, 0.05) is 63.4 Å². The normalized spacial score (nSPS) is 14.7. The number of aliphatic hydroxyl groups is 4. The van der Waals surface area contributed by atoms with Crippen LogP contribution in [0, 0.1) is 0 Å². The summed E-state index contributed by atoms with van der Waals surface area (Å²) in [5.41, 5.74) is 0. The van der Waals surface area contributed by atoms with E-state index in [1.165, 1.54) is 0 Å². The third-order valence-corrected chi connectivity index (χ3v) is 8.55. The fourth-order valence-corrected chi connectivity index (χ4v) is 5.41. The average Bonchev–Trinajstić information content (AvgIpc) is 3.16. The van der Waals surface area contributed by atoms with E-state index in [4.69, 9.17) is 44.7 Å². The van der Waals surface area contributed by atoms with Crippen LogP contribution in [0.5, 0.6) is 0 Å². The summed E-state index contributed by atoms with van der Waals surface area (Å²) < 4.78 is 28.6. The smallest absolute Gasteiger partial charge is 0.137 e. The van der Waals surface area contributed by atoms with Crippen molar-refractivity contribution < 1.29 is 84.7 Å². The Morgan fingerprint density at radius 1 is 0.345 bits per heavy atom. The van der Waals surface area contributed by atoms with E-state index in [1.54, 1.807) is 9.80 Å². The molecule has 0 saturated heterocycles. The Hall–Kier alpha value is -0.920. The number of nitrogens with zero attached hydrogens (tertiary/aromatic N) is 6. The van der Waals surface area contributed by atoms with Gasteiger partial charge in [0.2, 0.25) is 0 Å². The second-order valence-corrected chi connectivity index (χ2v) is 13.0. The van der Waals surface area contributed by atoms with Gasteiger partial charge in [-0.2, -0.15) is 0 Å². The highest BCUT2D eigenvalue weighted by Crippen LogP contribution is 2.10. The molecule has 55 heavy (non-hydrogen) atoms. The van der Waals surface area contributed by atoms with Crippen LogP contribution < -0.4 is 0 Å². The zero-order valence-electron chi connectivity index (χ0n) is 33.2. The lowest BCUT2D eigenvalue weighted by atomic mass is 10.2. The third kappa shape index (κ3) is 27.4. The summed E-state index contributed by atoms with van der Waals surface area (Å²) >= 11 is 0. The lowest BCUT2D eigenvalue weighted by Gasteiger charge is -2.37. The first-order valence-corrected chi connectivity index (χ1v) is 18.4. The Morgan fingerprint density at radius 2 is 0.582 bits per heavy atom. The first kappa shape index (κ1) is 54.1. The van der Waals surface area contributed by atoms with Gasteiger partial charge in [-0.25, -0.2) is 29.4 Å². The second kappa shape index (κ2) is 37.4. The first-order chi connectivity index (χ1) is 26.6. The van der Waals surface area contributed by atoms with E-state index >= 15 is 0 Å². The Labute approximate surface area is 325 Å². The van der Waals surface area contributed by atoms with Gasteiger partial charge in [0.15, 0.2) is 0 Å². The van der Waals surface area contributed by atoms with Crippen molar-refractivity contribution in [3.8, 4) is 0 Å². The average molecular weight is 813 g/mol. The van der Waals surface area contributed by atoms with Gasteiger partial charge in [-0.05, 0) is 27.7 Å². The van der Waals surface area contributed by atoms with Gasteiger partial charge in [-0.3, -0.25) is 40.6 Å². The molecule has 0 aromatic carbocycles. The predicted octanol–water partition coefficient (Wildman–Crippen LogP) is -1.98. The summed E-state index contributed by atoms with van der Waals surface area (Å²) in [5, 5.41) is 73.0. The summed E-state index contributed by atoms with van der Waals surface area (Å²) in [6.45, 7) is 11.5. The Balaban J connectivity index is 5.89. The maximum Gasteiger partial charge on any atom is 0.137 e. The molecule has 0 bridgehead atoms. The van der Waals surface area contributed by atoms with Crippen LogP contribution in [0.3, 0.4) is 0 Å². The molecule has 4 unspecified atom stereocenters. The largest absolute Gasteiger partial charge is 0.394 e. The molecule has 0 fully saturated rings. The van der Waals surface area contributed by atoms with E-state index < -0.39 is 0 Å². The van der Waals surface area contributed by atoms with E-state index in [2.05, 4.69) is 29.4 Å². The molecule has 0 heterocycles. The summed E-state index contributed by atoms with van der Waals surface area (Å²) in [7, 11) is 0. The SMILES string of the molecule is CC(CN(CCOCCN(CC(C)N(COCCO)COCCO)CC(C)N(COCCO)COCCO)CC(C)N(COO)COO)N(COO)COO. The van der Waals surface area contributed by atoms with Gasteiger partial charge in [0.05, 0.1) is 66.1 Å². The standard InChI is InChI=1S/C32H72N6O17/c1-29(35(21-48-13-7-39)22-49-14-8-40)17-33(18-30(2)36(23-50-15-9-41)24-51-16-10-42)5-11-47-12-6-34(19-31(3)37(25-52-43)26-53-44)20-32(4)38(27-54-45)28-55-46/h29-32,39-46H,5-28H2,1-4H3. The van der Waals surface area contributed by atoms with Gasteiger partial charge in [0.25, 0.3) is 0 Å². The summed E-state index contributed by atoms with van der Waals surface area (Å²) in [6, 6.07) is -0.707. The van der Waals surface area contributed by atoms with Crippen molar-refractivity contribution in [1.29, 1.82) is 0 Å². The van der Waals surface area contributed by atoms with E-state index in [-0.39, 0.29) is 131 Å². The minimum Gasteiger partial charge on any atom is -0.394 e. The van der Waals surface area contributed by atoms with Crippen LogP contribution in [-0.4, -0.2) is 254 Å². The molecule has 0 aliphatic rings. The molecule has 23 nitrogen and oxygen atoms in total. The summed E-state index contributed by atoms with van der Waals surface area (Å²) in [4.78, 5) is 28.4. The molecule has 0 aromatic rings. The summed E-state index contributed by atoms with van der Waals surface area (Å²) in [5.74, 6) is 0. The molecule has 23 heteroatoms. The Morgan fingerprint density at radius 3 is 0.800 bits per heavy atom. The molecule has 0 aromatic heterocycles. The van der Waals surface area contributed by atoms with Gasteiger partial charge in [-0.1, -0.05) is 0 Å². The molecule has 332 valence electrons. The highest BCUT2D eigenvalue weighted by atomic mass is 17.1. The van der Waals surface area contributed by atoms with Crippen LogP contribution in [-0.2, 0) is 43.2 Å². The molecule has 0 radical (unpaired) electrons. The first-order valence-electron chi connectivity index (χ1n) is 18.4. The topological polar surface area (TPSA) is 264 Å². The van der Waals surface area contributed by atoms with Crippen LogP contribution in [0.1, 0.15) is 27.7 Å². The molecule has 0 amide bonds.